The number of pyridine rings is 1. The van der Waals surface area contributed by atoms with Crippen molar-refractivity contribution in [2.45, 2.75) is 13.5 Å². The lowest BCUT2D eigenvalue weighted by Crippen LogP contribution is -2.23. The summed E-state index contributed by atoms with van der Waals surface area (Å²) in [6.45, 7) is 2.26. The van der Waals surface area contributed by atoms with Crippen LogP contribution in [0.4, 0.5) is 0 Å². The van der Waals surface area contributed by atoms with Crippen LogP contribution >= 0.6 is 11.6 Å². The van der Waals surface area contributed by atoms with Crippen LogP contribution in [0, 0.1) is 0 Å². The van der Waals surface area contributed by atoms with Crippen molar-refractivity contribution < 1.29 is 4.79 Å². The maximum absolute atomic E-state index is 12.0. The van der Waals surface area contributed by atoms with E-state index in [1.165, 1.54) is 0 Å². The van der Waals surface area contributed by atoms with E-state index in [0.29, 0.717) is 17.1 Å². The van der Waals surface area contributed by atoms with Gasteiger partial charge in [-0.3, -0.25) is 9.78 Å². The van der Waals surface area contributed by atoms with Crippen molar-refractivity contribution in [1.82, 2.24) is 10.3 Å². The van der Waals surface area contributed by atoms with Gasteiger partial charge in [0.15, 0.2) is 0 Å². The Morgan fingerprint density at radius 3 is 2.70 bits per heavy atom. The molecule has 0 unspecified atom stereocenters. The van der Waals surface area contributed by atoms with Gasteiger partial charge in [0.25, 0.3) is 0 Å². The smallest absolute Gasteiger partial charge is 0.247 e. The van der Waals surface area contributed by atoms with E-state index >= 15 is 0 Å². The van der Waals surface area contributed by atoms with Crippen molar-refractivity contribution in [2.24, 2.45) is 0 Å². The number of aromatic nitrogens is 1. The lowest BCUT2D eigenvalue weighted by molar-refractivity contribution is -0.117. The number of carbonyl (C=O) groups excluding carboxylic acids is 1. The predicted molar refractivity (Wildman–Crippen MR) is 81.2 cm³/mol. The first-order valence-corrected chi connectivity index (χ1v) is 6.64. The van der Waals surface area contributed by atoms with E-state index in [9.17, 15) is 4.79 Å². The van der Waals surface area contributed by atoms with Crippen molar-refractivity contribution >= 4 is 23.6 Å². The molecule has 0 saturated carbocycles. The Hall–Kier alpha value is -2.13. The number of amides is 1. The van der Waals surface area contributed by atoms with E-state index in [0.717, 1.165) is 11.1 Å². The van der Waals surface area contributed by atoms with Crippen LogP contribution in [0.15, 0.2) is 54.4 Å². The molecule has 0 spiro atoms. The summed E-state index contributed by atoms with van der Waals surface area (Å²) in [5, 5.41) is 3.54. The zero-order valence-corrected chi connectivity index (χ0v) is 11.9. The van der Waals surface area contributed by atoms with Crippen LogP contribution in [0.2, 0.25) is 5.02 Å². The summed E-state index contributed by atoms with van der Waals surface area (Å²) in [7, 11) is 0. The predicted octanol–water partition coefficient (Wildman–Crippen LogP) is 3.45. The average Bonchev–Trinajstić information content (AvgIpc) is 2.48. The molecule has 0 fully saturated rings. The molecule has 0 aliphatic carbocycles. The molecule has 1 aromatic heterocycles. The van der Waals surface area contributed by atoms with Crippen molar-refractivity contribution in [3.63, 3.8) is 0 Å². The molecule has 0 atom stereocenters. The molecular formula is C16H15ClN2O. The summed E-state index contributed by atoms with van der Waals surface area (Å²) in [5.41, 5.74) is 2.57. The van der Waals surface area contributed by atoms with Gasteiger partial charge in [-0.15, -0.1) is 0 Å². The van der Waals surface area contributed by atoms with Crippen molar-refractivity contribution in [3.05, 3.63) is 70.5 Å². The minimum atomic E-state index is -0.0937. The van der Waals surface area contributed by atoms with Gasteiger partial charge >= 0.3 is 0 Å². The number of carbonyl (C=O) groups is 1. The molecule has 1 amide bonds. The van der Waals surface area contributed by atoms with Crippen LogP contribution in [-0.4, -0.2) is 10.9 Å². The fourth-order valence-electron chi connectivity index (χ4n) is 1.70. The van der Waals surface area contributed by atoms with Gasteiger partial charge in [0.2, 0.25) is 5.91 Å². The SMILES string of the molecule is C/C(=C\c1ccc(Cl)cc1)C(=O)NCc1cccnc1. The molecular weight excluding hydrogens is 272 g/mol. The standard InChI is InChI=1S/C16H15ClN2O/c1-12(9-13-4-6-15(17)7-5-13)16(20)19-11-14-3-2-8-18-10-14/h2-10H,11H2,1H3,(H,19,20)/b12-9+. The first kappa shape index (κ1) is 14.3. The maximum Gasteiger partial charge on any atom is 0.247 e. The first-order valence-electron chi connectivity index (χ1n) is 6.26. The zero-order valence-electron chi connectivity index (χ0n) is 11.1. The van der Waals surface area contributed by atoms with Crippen molar-refractivity contribution in [1.29, 1.82) is 0 Å². The molecule has 102 valence electrons. The quantitative estimate of drug-likeness (QED) is 0.875. The molecule has 4 heteroatoms. The Bertz CT molecular complexity index is 606. The van der Waals surface area contributed by atoms with Gasteiger partial charge in [0.05, 0.1) is 0 Å². The highest BCUT2D eigenvalue weighted by atomic mass is 35.5. The molecule has 1 heterocycles. The molecule has 0 bridgehead atoms. The topological polar surface area (TPSA) is 42.0 Å². The highest BCUT2D eigenvalue weighted by molar-refractivity contribution is 6.30. The second kappa shape index (κ2) is 6.87. The zero-order chi connectivity index (χ0) is 14.4. The molecule has 1 aromatic carbocycles. The molecule has 2 rings (SSSR count). The van der Waals surface area contributed by atoms with Crippen LogP contribution < -0.4 is 5.32 Å². The van der Waals surface area contributed by atoms with Gasteiger partial charge in [0.1, 0.15) is 0 Å². The van der Waals surface area contributed by atoms with Crippen LogP contribution in [-0.2, 0) is 11.3 Å². The third-order valence-electron chi connectivity index (χ3n) is 2.79. The highest BCUT2D eigenvalue weighted by Crippen LogP contribution is 2.12. The molecule has 2 aromatic rings. The van der Waals surface area contributed by atoms with Crippen LogP contribution in [0.25, 0.3) is 6.08 Å². The molecule has 0 radical (unpaired) electrons. The van der Waals surface area contributed by atoms with Gasteiger partial charge in [-0.1, -0.05) is 29.8 Å². The van der Waals surface area contributed by atoms with Gasteiger partial charge < -0.3 is 5.32 Å². The van der Waals surface area contributed by atoms with E-state index in [-0.39, 0.29) is 5.91 Å². The Labute approximate surface area is 123 Å². The van der Waals surface area contributed by atoms with E-state index < -0.39 is 0 Å². The Balaban J connectivity index is 1.96. The third kappa shape index (κ3) is 4.21. The molecule has 0 aliphatic rings. The third-order valence-corrected chi connectivity index (χ3v) is 3.04. The second-order valence-corrected chi connectivity index (χ2v) is 4.86. The van der Waals surface area contributed by atoms with Crippen LogP contribution in [0.1, 0.15) is 18.1 Å². The van der Waals surface area contributed by atoms with E-state index in [2.05, 4.69) is 10.3 Å². The van der Waals surface area contributed by atoms with Crippen LogP contribution in [0.5, 0.6) is 0 Å². The van der Waals surface area contributed by atoms with Crippen molar-refractivity contribution in [2.75, 3.05) is 0 Å². The summed E-state index contributed by atoms with van der Waals surface area (Å²) in [6.07, 6.45) is 5.27. The molecule has 0 aliphatic heterocycles. The number of hydrogen-bond donors (Lipinski definition) is 1. The van der Waals surface area contributed by atoms with Gasteiger partial charge in [-0.05, 0) is 42.3 Å². The lowest BCUT2D eigenvalue weighted by atomic mass is 10.1. The van der Waals surface area contributed by atoms with E-state index in [1.807, 2.05) is 30.3 Å². The summed E-state index contributed by atoms with van der Waals surface area (Å²) in [5.74, 6) is -0.0937. The monoisotopic (exact) mass is 286 g/mol. The number of nitrogens with one attached hydrogen (secondary N) is 1. The highest BCUT2D eigenvalue weighted by Gasteiger charge is 2.04. The molecule has 20 heavy (non-hydrogen) atoms. The first-order chi connectivity index (χ1) is 9.65. The number of halogens is 1. The second-order valence-electron chi connectivity index (χ2n) is 4.42. The van der Waals surface area contributed by atoms with Gasteiger partial charge in [-0.2, -0.15) is 0 Å². The van der Waals surface area contributed by atoms with Crippen LogP contribution in [0.3, 0.4) is 0 Å². The summed E-state index contributed by atoms with van der Waals surface area (Å²) in [6, 6.07) is 11.1. The fraction of sp³-hybridized carbons (Fsp3) is 0.125. The average molecular weight is 287 g/mol. The van der Waals surface area contributed by atoms with Gasteiger partial charge in [-0.25, -0.2) is 0 Å². The minimum absolute atomic E-state index is 0.0937. The number of hydrogen-bond acceptors (Lipinski definition) is 2. The Morgan fingerprint density at radius 1 is 1.30 bits per heavy atom. The lowest BCUT2D eigenvalue weighted by Gasteiger charge is -2.05. The number of nitrogens with zero attached hydrogens (tertiary/aromatic N) is 1. The minimum Gasteiger partial charge on any atom is -0.348 e. The summed E-state index contributed by atoms with van der Waals surface area (Å²) < 4.78 is 0. The van der Waals surface area contributed by atoms with Crippen molar-refractivity contribution in [3.8, 4) is 0 Å². The fourth-order valence-corrected chi connectivity index (χ4v) is 1.82. The molecule has 0 saturated heterocycles. The largest absolute Gasteiger partial charge is 0.348 e. The Morgan fingerprint density at radius 2 is 2.05 bits per heavy atom. The summed E-state index contributed by atoms with van der Waals surface area (Å²) in [4.78, 5) is 16.0. The number of rotatable bonds is 4. The maximum atomic E-state index is 12.0. The Kier molecular flexibility index (Phi) is 4.91. The van der Waals surface area contributed by atoms with Gasteiger partial charge in [0, 0.05) is 29.5 Å². The normalized spacial score (nSPS) is 11.2. The van der Waals surface area contributed by atoms with E-state index in [4.69, 9.17) is 11.6 Å². The summed E-state index contributed by atoms with van der Waals surface area (Å²) >= 11 is 5.82. The molecule has 3 nitrogen and oxygen atoms in total. The van der Waals surface area contributed by atoms with E-state index in [1.54, 1.807) is 31.5 Å². The molecule has 1 N–H and O–H groups in total. The number of benzene rings is 1.